The molecule has 1 spiro atoms. The molecular weight excluding hydrogens is 276 g/mol. The maximum atomic E-state index is 12.4. The number of amides is 1. The predicted molar refractivity (Wildman–Crippen MR) is 84.4 cm³/mol. The van der Waals surface area contributed by atoms with Crippen molar-refractivity contribution in [3.63, 3.8) is 0 Å². The third-order valence-electron chi connectivity index (χ3n) is 5.73. The number of nitrogens with one attached hydrogen (secondary N) is 2. The van der Waals surface area contributed by atoms with Crippen molar-refractivity contribution >= 4 is 5.91 Å². The van der Waals surface area contributed by atoms with Crippen LogP contribution in [0.4, 0.5) is 0 Å². The molecule has 2 heterocycles. The lowest BCUT2D eigenvalue weighted by molar-refractivity contribution is 0.0913. The number of hydrogen-bond acceptors (Lipinski definition) is 4. The largest absolute Gasteiger partial charge is 0.348 e. The summed E-state index contributed by atoms with van der Waals surface area (Å²) in [5.41, 5.74) is 9.27. The monoisotopic (exact) mass is 300 g/mol. The van der Waals surface area contributed by atoms with Gasteiger partial charge in [0.1, 0.15) is 5.69 Å². The van der Waals surface area contributed by atoms with Crippen molar-refractivity contribution in [2.75, 3.05) is 6.54 Å². The van der Waals surface area contributed by atoms with Gasteiger partial charge in [-0.1, -0.05) is 6.07 Å². The van der Waals surface area contributed by atoms with Crippen LogP contribution in [-0.2, 0) is 13.0 Å². The van der Waals surface area contributed by atoms with Gasteiger partial charge in [-0.25, -0.2) is 4.98 Å². The number of carbonyl (C=O) groups excluding carboxylic acids is 1. The molecule has 0 radical (unpaired) electrons. The number of hydrogen-bond donors (Lipinski definition) is 3. The van der Waals surface area contributed by atoms with Gasteiger partial charge < -0.3 is 16.4 Å². The van der Waals surface area contributed by atoms with Crippen molar-refractivity contribution in [2.45, 2.75) is 57.2 Å². The van der Waals surface area contributed by atoms with E-state index in [1.807, 2.05) is 6.07 Å². The lowest BCUT2D eigenvalue weighted by Gasteiger charge is -2.29. The van der Waals surface area contributed by atoms with Gasteiger partial charge in [-0.2, -0.15) is 0 Å². The molecule has 0 aromatic carbocycles. The fourth-order valence-corrected chi connectivity index (χ4v) is 4.02. The maximum Gasteiger partial charge on any atom is 0.270 e. The molecule has 118 valence electrons. The van der Waals surface area contributed by atoms with Crippen LogP contribution in [-0.4, -0.2) is 29.5 Å². The SMILES string of the molecule is NC1CC12CCC(NC(=O)c1ccc3c(n1)CNCC3)CC2. The van der Waals surface area contributed by atoms with Crippen molar-refractivity contribution in [3.05, 3.63) is 29.1 Å². The molecule has 2 fully saturated rings. The Bertz CT molecular complexity index is 592. The van der Waals surface area contributed by atoms with E-state index in [1.54, 1.807) is 0 Å². The van der Waals surface area contributed by atoms with Crippen molar-refractivity contribution in [3.8, 4) is 0 Å². The van der Waals surface area contributed by atoms with E-state index < -0.39 is 0 Å². The number of rotatable bonds is 2. The molecule has 1 atom stereocenters. The molecule has 0 bridgehead atoms. The highest BCUT2D eigenvalue weighted by molar-refractivity contribution is 5.92. The van der Waals surface area contributed by atoms with Crippen molar-refractivity contribution in [1.82, 2.24) is 15.6 Å². The predicted octanol–water partition coefficient (Wildman–Crippen LogP) is 1.12. The Morgan fingerprint density at radius 2 is 2.14 bits per heavy atom. The van der Waals surface area contributed by atoms with Gasteiger partial charge in [-0.05, 0) is 62.1 Å². The molecule has 4 rings (SSSR count). The van der Waals surface area contributed by atoms with E-state index in [-0.39, 0.29) is 11.9 Å². The van der Waals surface area contributed by atoms with Gasteiger partial charge >= 0.3 is 0 Å². The van der Waals surface area contributed by atoms with Crippen LogP contribution in [0.2, 0.25) is 0 Å². The number of nitrogens with zero attached hydrogens (tertiary/aromatic N) is 1. The van der Waals surface area contributed by atoms with Gasteiger partial charge in [0, 0.05) is 18.6 Å². The van der Waals surface area contributed by atoms with Gasteiger partial charge in [0.2, 0.25) is 0 Å². The lowest BCUT2D eigenvalue weighted by Crippen LogP contribution is -2.39. The minimum Gasteiger partial charge on any atom is -0.348 e. The average Bonchev–Trinajstić information content (AvgIpc) is 3.18. The molecular formula is C17H24N4O. The van der Waals surface area contributed by atoms with Crippen molar-refractivity contribution in [1.29, 1.82) is 0 Å². The topological polar surface area (TPSA) is 80.0 Å². The van der Waals surface area contributed by atoms with E-state index in [2.05, 4.69) is 21.7 Å². The molecule has 1 amide bonds. The van der Waals surface area contributed by atoms with Gasteiger partial charge in [0.25, 0.3) is 5.91 Å². The zero-order valence-corrected chi connectivity index (χ0v) is 12.9. The van der Waals surface area contributed by atoms with E-state index in [4.69, 9.17) is 5.73 Å². The summed E-state index contributed by atoms with van der Waals surface area (Å²) >= 11 is 0. The maximum absolute atomic E-state index is 12.4. The van der Waals surface area contributed by atoms with E-state index >= 15 is 0 Å². The van der Waals surface area contributed by atoms with Gasteiger partial charge in [-0.15, -0.1) is 0 Å². The second-order valence-corrected chi connectivity index (χ2v) is 7.15. The van der Waals surface area contributed by atoms with Crippen LogP contribution in [0.3, 0.4) is 0 Å². The number of nitrogens with two attached hydrogens (primary N) is 1. The lowest BCUT2D eigenvalue weighted by atomic mass is 9.83. The summed E-state index contributed by atoms with van der Waals surface area (Å²) in [4.78, 5) is 17.0. The number of carbonyl (C=O) groups is 1. The Morgan fingerprint density at radius 3 is 2.86 bits per heavy atom. The Balaban J connectivity index is 1.38. The standard InChI is InChI=1S/C17H24N4O/c18-15-9-17(15)6-3-12(4-7-17)20-16(22)13-2-1-11-5-8-19-10-14(11)21-13/h1-2,12,15,19H,3-10,18H2,(H,20,22). The Kier molecular flexibility index (Phi) is 3.42. The van der Waals surface area contributed by atoms with Crippen LogP contribution in [0.25, 0.3) is 0 Å². The second-order valence-electron chi connectivity index (χ2n) is 7.15. The van der Waals surface area contributed by atoms with Gasteiger partial charge in [0.05, 0.1) is 5.69 Å². The molecule has 1 aromatic rings. The van der Waals surface area contributed by atoms with E-state index in [1.165, 1.54) is 12.0 Å². The first-order chi connectivity index (χ1) is 10.7. The van der Waals surface area contributed by atoms with E-state index in [0.29, 0.717) is 17.2 Å². The number of pyridine rings is 1. The molecule has 2 aliphatic carbocycles. The molecule has 1 unspecified atom stereocenters. The molecule has 22 heavy (non-hydrogen) atoms. The molecule has 1 aliphatic heterocycles. The Morgan fingerprint density at radius 1 is 1.36 bits per heavy atom. The smallest absolute Gasteiger partial charge is 0.270 e. The summed E-state index contributed by atoms with van der Waals surface area (Å²) in [7, 11) is 0. The van der Waals surface area contributed by atoms with Crippen molar-refractivity contribution in [2.24, 2.45) is 11.1 Å². The fourth-order valence-electron chi connectivity index (χ4n) is 4.02. The van der Waals surface area contributed by atoms with Crippen LogP contribution >= 0.6 is 0 Å². The van der Waals surface area contributed by atoms with E-state index in [0.717, 1.165) is 50.9 Å². The molecule has 5 heteroatoms. The molecule has 2 saturated carbocycles. The fraction of sp³-hybridized carbons (Fsp3) is 0.647. The Labute approximate surface area is 131 Å². The van der Waals surface area contributed by atoms with Crippen LogP contribution in [0.15, 0.2) is 12.1 Å². The summed E-state index contributed by atoms with van der Waals surface area (Å²) in [6, 6.07) is 4.60. The quantitative estimate of drug-likeness (QED) is 0.764. The van der Waals surface area contributed by atoms with Gasteiger partial charge in [-0.3, -0.25) is 4.79 Å². The van der Waals surface area contributed by atoms with Crippen LogP contribution in [0.1, 0.15) is 53.8 Å². The van der Waals surface area contributed by atoms with Crippen molar-refractivity contribution < 1.29 is 4.79 Å². The molecule has 4 N–H and O–H groups in total. The van der Waals surface area contributed by atoms with Crippen LogP contribution in [0, 0.1) is 5.41 Å². The summed E-state index contributed by atoms with van der Waals surface area (Å²) in [5.74, 6) is -0.0329. The number of fused-ring (bicyclic) bond motifs is 1. The zero-order chi connectivity index (χ0) is 15.2. The van der Waals surface area contributed by atoms with Crippen LogP contribution in [0.5, 0.6) is 0 Å². The Hall–Kier alpha value is -1.46. The number of aromatic nitrogens is 1. The molecule has 3 aliphatic rings. The first-order valence-corrected chi connectivity index (χ1v) is 8.42. The normalized spacial score (nSPS) is 33.3. The first-order valence-electron chi connectivity index (χ1n) is 8.42. The summed E-state index contributed by atoms with van der Waals surface area (Å²) in [6.07, 6.45) is 6.57. The average molecular weight is 300 g/mol. The third kappa shape index (κ3) is 2.52. The molecule has 5 nitrogen and oxygen atoms in total. The zero-order valence-electron chi connectivity index (χ0n) is 12.9. The summed E-state index contributed by atoms with van der Waals surface area (Å²) in [5, 5.41) is 6.46. The highest BCUT2D eigenvalue weighted by Gasteiger charge is 2.52. The molecule has 0 saturated heterocycles. The first kappa shape index (κ1) is 14.2. The third-order valence-corrected chi connectivity index (χ3v) is 5.73. The minimum atomic E-state index is -0.0329. The molecule has 1 aromatic heterocycles. The minimum absolute atomic E-state index is 0.0329. The summed E-state index contributed by atoms with van der Waals surface area (Å²) in [6.45, 7) is 1.76. The van der Waals surface area contributed by atoms with Gasteiger partial charge in [0.15, 0.2) is 0 Å². The highest BCUT2D eigenvalue weighted by Crippen LogP contribution is 2.54. The van der Waals surface area contributed by atoms with E-state index in [9.17, 15) is 4.79 Å². The second kappa shape index (κ2) is 5.32. The summed E-state index contributed by atoms with van der Waals surface area (Å²) < 4.78 is 0. The van der Waals surface area contributed by atoms with Crippen LogP contribution < -0.4 is 16.4 Å². The highest BCUT2D eigenvalue weighted by atomic mass is 16.1.